The van der Waals surface area contributed by atoms with E-state index < -0.39 is 0 Å². The number of benzene rings is 1. The van der Waals surface area contributed by atoms with Gasteiger partial charge in [-0.05, 0) is 18.1 Å². The summed E-state index contributed by atoms with van der Waals surface area (Å²) in [6, 6.07) is 8.06. The fourth-order valence-corrected chi connectivity index (χ4v) is 2.06. The average molecular weight is 245 g/mol. The molecule has 1 amide bonds. The molecule has 0 bridgehead atoms. The van der Waals surface area contributed by atoms with Crippen molar-refractivity contribution in [2.75, 3.05) is 6.54 Å². The zero-order valence-corrected chi connectivity index (χ0v) is 10.6. The zero-order valence-electron chi connectivity index (χ0n) is 10.6. The third-order valence-corrected chi connectivity index (χ3v) is 3.28. The molecule has 0 fully saturated rings. The van der Waals surface area contributed by atoms with E-state index in [-0.39, 0.29) is 11.8 Å². The van der Waals surface area contributed by atoms with E-state index in [1.807, 2.05) is 37.4 Å². The number of fused-ring (bicyclic) bond motifs is 1. The third-order valence-electron chi connectivity index (χ3n) is 3.28. The van der Waals surface area contributed by atoms with E-state index in [1.54, 1.807) is 0 Å². The summed E-state index contributed by atoms with van der Waals surface area (Å²) in [5, 5.41) is 4.09. The molecule has 4 nitrogen and oxygen atoms in total. The number of rotatable bonds is 5. The van der Waals surface area contributed by atoms with Crippen LogP contribution >= 0.6 is 0 Å². The summed E-state index contributed by atoms with van der Waals surface area (Å²) in [6.45, 7) is 2.92. The summed E-state index contributed by atoms with van der Waals surface area (Å²) in [6.07, 6.45) is 2.71. The van der Waals surface area contributed by atoms with Gasteiger partial charge in [0.1, 0.15) is 0 Å². The molecule has 1 aromatic carbocycles. The molecule has 0 aliphatic carbocycles. The molecule has 1 atom stereocenters. The second kappa shape index (κ2) is 5.69. The van der Waals surface area contributed by atoms with Gasteiger partial charge in [-0.25, -0.2) is 0 Å². The molecule has 0 spiro atoms. The SMILES string of the molecule is CCC(CN)C(=O)NCc1c[nH]c2ccccc12. The smallest absolute Gasteiger partial charge is 0.224 e. The molecule has 1 unspecified atom stereocenters. The van der Waals surface area contributed by atoms with Crippen molar-refractivity contribution in [2.24, 2.45) is 11.7 Å². The van der Waals surface area contributed by atoms with E-state index in [4.69, 9.17) is 5.73 Å². The Labute approximate surface area is 107 Å². The van der Waals surface area contributed by atoms with Crippen LogP contribution in [0.1, 0.15) is 18.9 Å². The maximum absolute atomic E-state index is 11.8. The largest absolute Gasteiger partial charge is 0.361 e. The fourth-order valence-electron chi connectivity index (χ4n) is 2.06. The summed E-state index contributed by atoms with van der Waals surface area (Å²) < 4.78 is 0. The first kappa shape index (κ1) is 12.6. The van der Waals surface area contributed by atoms with Crippen molar-refractivity contribution in [1.82, 2.24) is 10.3 Å². The summed E-state index contributed by atoms with van der Waals surface area (Å²) in [7, 11) is 0. The van der Waals surface area contributed by atoms with Crippen LogP contribution < -0.4 is 11.1 Å². The summed E-state index contributed by atoms with van der Waals surface area (Å²) in [5.41, 5.74) is 7.75. The predicted molar refractivity (Wildman–Crippen MR) is 73.0 cm³/mol. The van der Waals surface area contributed by atoms with E-state index in [1.165, 1.54) is 0 Å². The number of carbonyl (C=O) groups excluding carboxylic acids is 1. The number of nitrogens with two attached hydrogens (primary N) is 1. The summed E-state index contributed by atoms with van der Waals surface area (Å²) in [4.78, 5) is 15.0. The van der Waals surface area contributed by atoms with Crippen LogP contribution in [-0.4, -0.2) is 17.4 Å². The second-order valence-electron chi connectivity index (χ2n) is 4.42. The molecule has 2 aromatic rings. The summed E-state index contributed by atoms with van der Waals surface area (Å²) in [5.74, 6) is -0.0551. The molecule has 0 aliphatic heterocycles. The number of hydrogen-bond donors (Lipinski definition) is 3. The van der Waals surface area contributed by atoms with Crippen molar-refractivity contribution in [3.8, 4) is 0 Å². The number of H-pyrrole nitrogens is 1. The lowest BCUT2D eigenvalue weighted by molar-refractivity contribution is -0.124. The molecule has 4 heteroatoms. The van der Waals surface area contributed by atoms with E-state index >= 15 is 0 Å². The highest BCUT2D eigenvalue weighted by Crippen LogP contribution is 2.17. The number of nitrogens with one attached hydrogen (secondary N) is 2. The van der Waals surface area contributed by atoms with Crippen LogP contribution in [0.2, 0.25) is 0 Å². The van der Waals surface area contributed by atoms with Crippen LogP contribution in [0.25, 0.3) is 10.9 Å². The minimum atomic E-state index is -0.0878. The van der Waals surface area contributed by atoms with E-state index in [9.17, 15) is 4.79 Å². The molecular weight excluding hydrogens is 226 g/mol. The predicted octanol–water partition coefficient (Wildman–Crippen LogP) is 1.77. The Hall–Kier alpha value is -1.81. The van der Waals surface area contributed by atoms with Gasteiger partial charge in [-0.1, -0.05) is 25.1 Å². The molecule has 2 rings (SSSR count). The van der Waals surface area contributed by atoms with Gasteiger partial charge in [-0.3, -0.25) is 4.79 Å². The number of carbonyl (C=O) groups is 1. The maximum Gasteiger partial charge on any atom is 0.224 e. The highest BCUT2D eigenvalue weighted by atomic mass is 16.1. The monoisotopic (exact) mass is 245 g/mol. The molecule has 0 saturated carbocycles. The van der Waals surface area contributed by atoms with Gasteiger partial charge in [0.25, 0.3) is 0 Å². The lowest BCUT2D eigenvalue weighted by atomic mass is 10.1. The van der Waals surface area contributed by atoms with Crippen LogP contribution in [0, 0.1) is 5.92 Å². The Bertz CT molecular complexity index is 529. The van der Waals surface area contributed by atoms with Gasteiger partial charge in [0.05, 0.1) is 0 Å². The molecule has 0 aliphatic rings. The van der Waals surface area contributed by atoms with Gasteiger partial charge >= 0.3 is 0 Å². The topological polar surface area (TPSA) is 70.9 Å². The molecule has 1 heterocycles. The van der Waals surface area contributed by atoms with E-state index in [0.717, 1.165) is 22.9 Å². The Morgan fingerprint density at radius 2 is 2.22 bits per heavy atom. The number of aromatic amines is 1. The highest BCUT2D eigenvalue weighted by molar-refractivity contribution is 5.84. The van der Waals surface area contributed by atoms with Crippen molar-refractivity contribution < 1.29 is 4.79 Å². The molecule has 1 aromatic heterocycles. The first-order valence-corrected chi connectivity index (χ1v) is 6.29. The average Bonchev–Trinajstić information content (AvgIpc) is 2.81. The minimum absolute atomic E-state index is 0.0327. The normalized spacial score (nSPS) is 12.6. The molecule has 0 radical (unpaired) electrons. The van der Waals surface area contributed by atoms with Crippen LogP contribution in [0.15, 0.2) is 30.5 Å². The quantitative estimate of drug-likeness (QED) is 0.751. The van der Waals surface area contributed by atoms with Crippen LogP contribution in [0.4, 0.5) is 0 Å². The van der Waals surface area contributed by atoms with Crippen LogP contribution in [0.3, 0.4) is 0 Å². The Morgan fingerprint density at radius 1 is 1.44 bits per heavy atom. The molecule has 4 N–H and O–H groups in total. The minimum Gasteiger partial charge on any atom is -0.361 e. The number of aromatic nitrogens is 1. The van der Waals surface area contributed by atoms with Gasteiger partial charge in [-0.15, -0.1) is 0 Å². The molecule has 0 saturated heterocycles. The first-order chi connectivity index (χ1) is 8.76. The summed E-state index contributed by atoms with van der Waals surface area (Å²) >= 11 is 0. The Kier molecular flexibility index (Phi) is 3.99. The number of para-hydroxylation sites is 1. The molecule has 18 heavy (non-hydrogen) atoms. The van der Waals surface area contributed by atoms with Crippen molar-refractivity contribution in [3.05, 3.63) is 36.0 Å². The zero-order chi connectivity index (χ0) is 13.0. The Balaban J connectivity index is 2.04. The van der Waals surface area contributed by atoms with Crippen molar-refractivity contribution >= 4 is 16.8 Å². The van der Waals surface area contributed by atoms with Crippen LogP contribution in [-0.2, 0) is 11.3 Å². The van der Waals surface area contributed by atoms with E-state index in [0.29, 0.717) is 13.1 Å². The van der Waals surface area contributed by atoms with Crippen molar-refractivity contribution in [2.45, 2.75) is 19.9 Å². The van der Waals surface area contributed by atoms with Gasteiger partial charge < -0.3 is 16.0 Å². The molecular formula is C14H19N3O. The van der Waals surface area contributed by atoms with Gasteiger partial charge in [0.2, 0.25) is 5.91 Å². The standard InChI is InChI=1S/C14H19N3O/c1-2-10(7-15)14(18)17-9-11-8-16-13-6-4-3-5-12(11)13/h3-6,8,10,16H,2,7,9,15H2,1H3,(H,17,18). The fraction of sp³-hybridized carbons (Fsp3) is 0.357. The van der Waals surface area contributed by atoms with Crippen molar-refractivity contribution in [1.29, 1.82) is 0 Å². The van der Waals surface area contributed by atoms with Gasteiger partial charge in [-0.2, -0.15) is 0 Å². The number of amides is 1. The highest BCUT2D eigenvalue weighted by Gasteiger charge is 2.14. The Morgan fingerprint density at radius 3 is 2.94 bits per heavy atom. The van der Waals surface area contributed by atoms with Crippen molar-refractivity contribution in [3.63, 3.8) is 0 Å². The van der Waals surface area contributed by atoms with Gasteiger partial charge in [0.15, 0.2) is 0 Å². The lowest BCUT2D eigenvalue weighted by Gasteiger charge is -2.12. The number of hydrogen-bond acceptors (Lipinski definition) is 2. The molecule has 96 valence electrons. The second-order valence-corrected chi connectivity index (χ2v) is 4.42. The lowest BCUT2D eigenvalue weighted by Crippen LogP contribution is -2.34. The third kappa shape index (κ3) is 2.54. The first-order valence-electron chi connectivity index (χ1n) is 6.29. The van der Waals surface area contributed by atoms with E-state index in [2.05, 4.69) is 10.3 Å². The van der Waals surface area contributed by atoms with Crippen LogP contribution in [0.5, 0.6) is 0 Å². The maximum atomic E-state index is 11.8. The van der Waals surface area contributed by atoms with Gasteiger partial charge in [0, 0.05) is 36.1 Å².